The molecule has 1 saturated heterocycles. The summed E-state index contributed by atoms with van der Waals surface area (Å²) in [7, 11) is 2.11. The van der Waals surface area contributed by atoms with E-state index < -0.39 is 11.4 Å². The summed E-state index contributed by atoms with van der Waals surface area (Å²) < 4.78 is 21.0. The molecule has 5 rings (SSSR count). The number of likely N-dealkylation sites (N-methyl/N-ethyl adjacent to an activating group) is 1. The highest BCUT2D eigenvalue weighted by Crippen LogP contribution is 2.24. The Morgan fingerprint density at radius 1 is 1.21 bits per heavy atom. The van der Waals surface area contributed by atoms with Crippen molar-refractivity contribution < 1.29 is 8.81 Å². The molecule has 0 saturated carbocycles. The van der Waals surface area contributed by atoms with Crippen molar-refractivity contribution >= 4 is 22.6 Å². The van der Waals surface area contributed by atoms with Crippen LogP contribution in [0.4, 0.5) is 10.2 Å². The van der Waals surface area contributed by atoms with Gasteiger partial charge in [0, 0.05) is 43.5 Å². The average molecular weight is 393 g/mol. The van der Waals surface area contributed by atoms with Crippen molar-refractivity contribution in [2.75, 3.05) is 31.6 Å². The lowest BCUT2D eigenvalue weighted by Gasteiger charge is -2.38. The third-order valence-electron chi connectivity index (χ3n) is 5.58. The number of halogens is 1. The zero-order valence-electron chi connectivity index (χ0n) is 16.2. The number of hydrogen-bond acceptors (Lipinski definition) is 6. The van der Waals surface area contributed by atoms with Crippen LogP contribution in [0.1, 0.15) is 6.92 Å². The minimum Gasteiger partial charge on any atom is -0.403 e. The first-order valence-corrected chi connectivity index (χ1v) is 9.53. The fourth-order valence-electron chi connectivity index (χ4n) is 3.71. The van der Waals surface area contributed by atoms with Crippen LogP contribution in [0.3, 0.4) is 0 Å². The third kappa shape index (κ3) is 3.05. The van der Waals surface area contributed by atoms with Gasteiger partial charge < -0.3 is 18.6 Å². The zero-order chi connectivity index (χ0) is 20.1. The van der Waals surface area contributed by atoms with E-state index in [1.807, 2.05) is 12.1 Å². The van der Waals surface area contributed by atoms with E-state index in [2.05, 4.69) is 33.7 Å². The Kier molecular flexibility index (Phi) is 4.09. The lowest BCUT2D eigenvalue weighted by Crippen LogP contribution is -2.50. The summed E-state index contributed by atoms with van der Waals surface area (Å²) >= 11 is 0. The van der Waals surface area contributed by atoms with Crippen LogP contribution in [0.25, 0.3) is 28.0 Å². The molecule has 5 heterocycles. The highest BCUT2D eigenvalue weighted by atomic mass is 19.1. The lowest BCUT2D eigenvalue weighted by atomic mass is 10.1. The van der Waals surface area contributed by atoms with Crippen molar-refractivity contribution in [2.45, 2.75) is 13.0 Å². The number of hydrogen-bond donors (Lipinski definition) is 0. The van der Waals surface area contributed by atoms with E-state index in [-0.39, 0.29) is 16.9 Å². The summed E-state index contributed by atoms with van der Waals surface area (Å²) in [5.74, 6) is 0.347. The normalized spacial score (nSPS) is 18.0. The highest BCUT2D eigenvalue weighted by Gasteiger charge is 2.22. The molecule has 8 heteroatoms. The van der Waals surface area contributed by atoms with E-state index in [1.165, 1.54) is 6.07 Å². The molecular formula is C21H20FN5O2. The quantitative estimate of drug-likeness (QED) is 0.522. The molecule has 0 aliphatic carbocycles. The predicted octanol–water partition coefficient (Wildman–Crippen LogP) is 2.78. The van der Waals surface area contributed by atoms with Gasteiger partial charge in [0.15, 0.2) is 11.5 Å². The van der Waals surface area contributed by atoms with E-state index in [4.69, 9.17) is 4.42 Å². The largest absolute Gasteiger partial charge is 0.403 e. The van der Waals surface area contributed by atoms with Crippen molar-refractivity contribution in [3.63, 3.8) is 0 Å². The molecule has 4 aromatic heterocycles. The SMILES string of the molecule is C[C@H]1CN(c2ccc3cc(-c4cn5cccc(F)c5n4)c(=O)oc3n2)CCN1C. The Bertz CT molecular complexity index is 1280. The van der Waals surface area contributed by atoms with Crippen molar-refractivity contribution in [1.29, 1.82) is 0 Å². The van der Waals surface area contributed by atoms with Gasteiger partial charge in [-0.25, -0.2) is 14.2 Å². The van der Waals surface area contributed by atoms with Gasteiger partial charge in [0.05, 0.1) is 11.3 Å². The minimum atomic E-state index is -0.544. The average Bonchev–Trinajstić information content (AvgIpc) is 3.14. The molecule has 7 nitrogen and oxygen atoms in total. The molecule has 148 valence electrons. The van der Waals surface area contributed by atoms with E-state index in [9.17, 15) is 9.18 Å². The Balaban J connectivity index is 1.55. The van der Waals surface area contributed by atoms with E-state index in [1.54, 1.807) is 28.9 Å². The van der Waals surface area contributed by atoms with Crippen LogP contribution in [0, 0.1) is 5.82 Å². The van der Waals surface area contributed by atoms with Gasteiger partial charge in [-0.15, -0.1) is 0 Å². The first-order valence-electron chi connectivity index (χ1n) is 9.53. The first kappa shape index (κ1) is 17.8. The van der Waals surface area contributed by atoms with E-state index >= 15 is 0 Å². The Morgan fingerprint density at radius 3 is 2.86 bits per heavy atom. The van der Waals surface area contributed by atoms with Gasteiger partial charge in [-0.05, 0) is 44.3 Å². The molecule has 0 bridgehead atoms. The molecular weight excluding hydrogens is 373 g/mol. The van der Waals surface area contributed by atoms with Crippen LogP contribution in [-0.4, -0.2) is 52.0 Å². The molecule has 0 N–H and O–H groups in total. The van der Waals surface area contributed by atoms with E-state index in [0.29, 0.717) is 17.1 Å². The Labute approximate surface area is 166 Å². The maximum absolute atomic E-state index is 13.9. The van der Waals surface area contributed by atoms with Crippen molar-refractivity contribution in [3.05, 3.63) is 59.0 Å². The monoisotopic (exact) mass is 393 g/mol. The smallest absolute Gasteiger partial charge is 0.347 e. The van der Waals surface area contributed by atoms with Gasteiger partial charge in [-0.2, -0.15) is 4.98 Å². The molecule has 1 aliphatic heterocycles. The van der Waals surface area contributed by atoms with Crippen molar-refractivity contribution in [1.82, 2.24) is 19.3 Å². The molecule has 4 aromatic rings. The van der Waals surface area contributed by atoms with Crippen molar-refractivity contribution in [3.8, 4) is 11.3 Å². The fraction of sp³-hybridized carbons (Fsp3) is 0.286. The first-order chi connectivity index (χ1) is 14.0. The van der Waals surface area contributed by atoms with Gasteiger partial charge in [-0.1, -0.05) is 0 Å². The summed E-state index contributed by atoms with van der Waals surface area (Å²) in [5, 5.41) is 0.697. The summed E-state index contributed by atoms with van der Waals surface area (Å²) in [6.45, 7) is 4.87. The van der Waals surface area contributed by atoms with Gasteiger partial charge >= 0.3 is 5.63 Å². The van der Waals surface area contributed by atoms with Crippen LogP contribution < -0.4 is 10.5 Å². The second-order valence-corrected chi connectivity index (χ2v) is 7.50. The van der Waals surface area contributed by atoms with Gasteiger partial charge in [0.25, 0.3) is 0 Å². The molecule has 0 aromatic carbocycles. The number of piperazine rings is 1. The van der Waals surface area contributed by atoms with Crippen LogP contribution >= 0.6 is 0 Å². The number of anilines is 1. The molecule has 1 atom stereocenters. The highest BCUT2D eigenvalue weighted by molar-refractivity contribution is 5.80. The van der Waals surface area contributed by atoms with Crippen LogP contribution in [0.15, 0.2) is 51.9 Å². The molecule has 29 heavy (non-hydrogen) atoms. The van der Waals surface area contributed by atoms with Crippen LogP contribution in [0.2, 0.25) is 0 Å². The maximum Gasteiger partial charge on any atom is 0.347 e. The Morgan fingerprint density at radius 2 is 2.07 bits per heavy atom. The van der Waals surface area contributed by atoms with E-state index in [0.717, 1.165) is 25.5 Å². The summed E-state index contributed by atoms with van der Waals surface area (Å²) in [5.41, 5.74) is 0.557. The van der Waals surface area contributed by atoms with Crippen LogP contribution in [0.5, 0.6) is 0 Å². The van der Waals surface area contributed by atoms with Crippen molar-refractivity contribution in [2.24, 2.45) is 0 Å². The fourth-order valence-corrected chi connectivity index (χ4v) is 3.71. The number of pyridine rings is 2. The maximum atomic E-state index is 13.9. The summed E-state index contributed by atoms with van der Waals surface area (Å²) in [6.07, 6.45) is 3.30. The standard InChI is InChI=1S/C21H20FN5O2/c1-13-11-26(9-8-25(13)2)18-6-5-14-10-15(21(28)29-20(14)24-18)17-12-27-7-3-4-16(22)19(27)23-17/h3-7,10,12-13H,8-9,11H2,1-2H3/t13-/m0/s1. The molecule has 0 radical (unpaired) electrons. The molecule has 0 unspecified atom stereocenters. The van der Waals surface area contributed by atoms with Gasteiger partial charge in [0.2, 0.25) is 5.71 Å². The summed E-state index contributed by atoms with van der Waals surface area (Å²) in [6, 6.07) is 8.87. The number of rotatable bonds is 2. The number of fused-ring (bicyclic) bond motifs is 2. The predicted molar refractivity (Wildman–Crippen MR) is 109 cm³/mol. The topological polar surface area (TPSA) is 66.9 Å². The number of nitrogens with zero attached hydrogens (tertiary/aromatic N) is 5. The molecule has 0 spiro atoms. The second kappa shape index (κ2) is 6.66. The Hall–Kier alpha value is -3.26. The number of imidazole rings is 1. The molecule has 1 fully saturated rings. The lowest BCUT2D eigenvalue weighted by molar-refractivity contribution is 0.233. The molecule has 0 amide bonds. The minimum absolute atomic E-state index is 0.166. The molecule has 1 aliphatic rings. The zero-order valence-corrected chi connectivity index (χ0v) is 16.2. The van der Waals surface area contributed by atoms with Gasteiger partial charge in [0.1, 0.15) is 5.82 Å². The van der Waals surface area contributed by atoms with Crippen LogP contribution in [-0.2, 0) is 0 Å². The number of aromatic nitrogens is 3. The third-order valence-corrected chi connectivity index (χ3v) is 5.58. The second-order valence-electron chi connectivity index (χ2n) is 7.50. The summed E-state index contributed by atoms with van der Waals surface area (Å²) in [4.78, 5) is 25.9. The van der Waals surface area contributed by atoms with Gasteiger partial charge in [-0.3, -0.25) is 0 Å².